The Morgan fingerprint density at radius 3 is 2.77 bits per heavy atom. The number of likely N-dealkylation sites (tertiary alicyclic amines) is 1. The number of nitrogens with zero attached hydrogens (tertiary/aromatic N) is 1. The molecule has 2 amide bonds. The number of halogens is 2. The minimum Gasteiger partial charge on any atom is -0.465 e. The molecule has 1 aliphatic heterocycles. The lowest BCUT2D eigenvalue weighted by Crippen LogP contribution is -2.45. The van der Waals surface area contributed by atoms with Gasteiger partial charge in [-0.1, -0.05) is 15.9 Å². The highest BCUT2D eigenvalue weighted by Gasteiger charge is 2.45. The molecule has 1 aromatic rings. The van der Waals surface area contributed by atoms with Gasteiger partial charge >= 0.3 is 6.09 Å². The molecule has 1 aliphatic rings. The molecule has 0 radical (unpaired) electrons. The van der Waals surface area contributed by atoms with E-state index in [-0.39, 0.29) is 19.5 Å². The smallest absolute Gasteiger partial charge is 0.408 e. The first-order valence-electron chi connectivity index (χ1n) is 6.62. The summed E-state index contributed by atoms with van der Waals surface area (Å²) in [5.41, 5.74) is -0.686. The number of hydrogen-bond acceptors (Lipinski definition) is 3. The molecule has 3 N–H and O–H groups in total. The molecule has 6 nitrogen and oxygen atoms in total. The molecule has 0 aromatic heterocycles. The number of carboxylic acid groups (broad SMARTS) is 1. The van der Waals surface area contributed by atoms with Crippen molar-refractivity contribution in [2.24, 2.45) is 0 Å². The molecule has 0 bridgehead atoms. The molecule has 0 saturated carbocycles. The molecule has 2 unspecified atom stereocenters. The summed E-state index contributed by atoms with van der Waals surface area (Å²) in [7, 11) is 0. The Morgan fingerprint density at radius 2 is 2.18 bits per heavy atom. The van der Waals surface area contributed by atoms with E-state index >= 15 is 0 Å². The van der Waals surface area contributed by atoms with E-state index in [1.807, 2.05) is 0 Å². The number of hydrogen-bond donors (Lipinski definition) is 3. The fourth-order valence-corrected chi connectivity index (χ4v) is 3.04. The topological polar surface area (TPSA) is 89.9 Å². The van der Waals surface area contributed by atoms with Gasteiger partial charge in [0.2, 0.25) is 5.91 Å². The van der Waals surface area contributed by atoms with E-state index in [2.05, 4.69) is 21.2 Å². The molecule has 1 heterocycles. The average molecular weight is 375 g/mol. The Bertz CT molecular complexity index is 588. The Labute approximate surface area is 135 Å². The van der Waals surface area contributed by atoms with E-state index in [9.17, 15) is 19.1 Å². The van der Waals surface area contributed by atoms with Crippen molar-refractivity contribution in [2.75, 3.05) is 6.54 Å². The van der Waals surface area contributed by atoms with Crippen LogP contribution < -0.4 is 5.32 Å². The maximum absolute atomic E-state index is 13.3. The van der Waals surface area contributed by atoms with E-state index in [0.29, 0.717) is 10.0 Å². The predicted octanol–water partition coefficient (Wildman–Crippen LogP) is 1.71. The largest absolute Gasteiger partial charge is 0.465 e. The van der Waals surface area contributed by atoms with Crippen LogP contribution in [-0.4, -0.2) is 45.3 Å². The van der Waals surface area contributed by atoms with Gasteiger partial charge in [-0.05, 0) is 30.7 Å². The van der Waals surface area contributed by atoms with E-state index in [1.165, 1.54) is 19.1 Å². The van der Waals surface area contributed by atoms with Crippen molar-refractivity contribution in [1.82, 2.24) is 10.2 Å². The lowest BCUT2D eigenvalue weighted by molar-refractivity contribution is -0.125. The molecule has 0 aliphatic carbocycles. The van der Waals surface area contributed by atoms with Gasteiger partial charge in [-0.15, -0.1) is 0 Å². The van der Waals surface area contributed by atoms with Crippen molar-refractivity contribution in [3.63, 3.8) is 0 Å². The first-order valence-corrected chi connectivity index (χ1v) is 7.42. The molecule has 8 heteroatoms. The molecular weight excluding hydrogens is 359 g/mol. The van der Waals surface area contributed by atoms with E-state index in [1.54, 1.807) is 6.07 Å². The third kappa shape index (κ3) is 3.95. The predicted molar refractivity (Wildman–Crippen MR) is 79.7 cm³/mol. The number of rotatable bonds is 3. The zero-order chi connectivity index (χ0) is 16.5. The van der Waals surface area contributed by atoms with Gasteiger partial charge in [-0.3, -0.25) is 9.69 Å². The molecule has 1 fully saturated rings. The van der Waals surface area contributed by atoms with Crippen molar-refractivity contribution in [3.05, 3.63) is 34.1 Å². The highest BCUT2D eigenvalue weighted by atomic mass is 79.9. The summed E-state index contributed by atoms with van der Waals surface area (Å²) >= 11 is 3.16. The highest BCUT2D eigenvalue weighted by Crippen LogP contribution is 2.27. The zero-order valence-corrected chi connectivity index (χ0v) is 13.4. The Morgan fingerprint density at radius 1 is 1.50 bits per heavy atom. The van der Waals surface area contributed by atoms with Crippen LogP contribution in [0.1, 0.15) is 18.9 Å². The summed E-state index contributed by atoms with van der Waals surface area (Å²) in [4.78, 5) is 24.2. The molecule has 0 spiro atoms. The SMILES string of the molecule is CC1(O)CC(C(=O)NCc2cc(F)cc(Br)c2)N(C(=O)O)C1. The summed E-state index contributed by atoms with van der Waals surface area (Å²) in [6, 6.07) is 3.28. The number of aliphatic hydroxyl groups is 1. The van der Waals surface area contributed by atoms with Gasteiger partial charge in [0, 0.05) is 17.4 Å². The number of amides is 2. The minimum absolute atomic E-state index is 0.0258. The third-order valence-electron chi connectivity index (χ3n) is 3.46. The van der Waals surface area contributed by atoms with Crippen molar-refractivity contribution >= 4 is 27.9 Å². The molecule has 22 heavy (non-hydrogen) atoms. The zero-order valence-electron chi connectivity index (χ0n) is 11.8. The summed E-state index contributed by atoms with van der Waals surface area (Å²) in [5.74, 6) is -0.949. The first-order chi connectivity index (χ1) is 10.2. The molecule has 1 aromatic carbocycles. The summed E-state index contributed by atoms with van der Waals surface area (Å²) in [5, 5.41) is 21.6. The monoisotopic (exact) mass is 374 g/mol. The van der Waals surface area contributed by atoms with Crippen LogP contribution in [0.25, 0.3) is 0 Å². The highest BCUT2D eigenvalue weighted by molar-refractivity contribution is 9.10. The van der Waals surface area contributed by atoms with Crippen molar-refractivity contribution in [2.45, 2.75) is 31.5 Å². The van der Waals surface area contributed by atoms with Crippen molar-refractivity contribution in [1.29, 1.82) is 0 Å². The van der Waals surface area contributed by atoms with Gasteiger partial charge in [0.05, 0.1) is 12.1 Å². The average Bonchev–Trinajstić information content (AvgIpc) is 2.71. The van der Waals surface area contributed by atoms with Crippen LogP contribution in [0.3, 0.4) is 0 Å². The summed E-state index contributed by atoms with van der Waals surface area (Å²) < 4.78 is 13.8. The van der Waals surface area contributed by atoms with Gasteiger partial charge in [0.15, 0.2) is 0 Å². The van der Waals surface area contributed by atoms with Crippen LogP contribution in [0.15, 0.2) is 22.7 Å². The number of benzene rings is 1. The normalized spacial score (nSPS) is 24.4. The van der Waals surface area contributed by atoms with E-state index in [0.717, 1.165) is 4.90 Å². The molecular formula is C14H16BrFN2O4. The second-order valence-electron chi connectivity index (χ2n) is 5.62. The maximum Gasteiger partial charge on any atom is 0.408 e. The Balaban J connectivity index is 2.03. The number of β-amino-alcohol motifs (C(OH)–C–C–N with tert-alkyl or cyclic N) is 1. The quantitative estimate of drug-likeness (QED) is 0.751. The molecule has 1 saturated heterocycles. The summed E-state index contributed by atoms with van der Waals surface area (Å²) in [6.07, 6.45) is -1.23. The van der Waals surface area contributed by atoms with Gasteiger partial charge in [-0.25, -0.2) is 9.18 Å². The standard InChI is InChI=1S/C14H16BrFN2O4/c1-14(22)5-11(18(7-14)13(20)21)12(19)17-6-8-2-9(15)4-10(16)3-8/h2-4,11,22H,5-7H2,1H3,(H,17,19)(H,20,21). The van der Waals surface area contributed by atoms with Gasteiger partial charge in [0.25, 0.3) is 0 Å². The van der Waals surface area contributed by atoms with Gasteiger partial charge in [-0.2, -0.15) is 0 Å². The lowest BCUT2D eigenvalue weighted by Gasteiger charge is -2.20. The second kappa shape index (κ2) is 6.21. The number of carbonyl (C=O) groups is 2. The van der Waals surface area contributed by atoms with Crippen LogP contribution in [0.2, 0.25) is 0 Å². The van der Waals surface area contributed by atoms with Crippen LogP contribution in [0.4, 0.5) is 9.18 Å². The fourth-order valence-electron chi connectivity index (χ4n) is 2.52. The summed E-state index contributed by atoms with van der Waals surface area (Å²) in [6.45, 7) is 1.44. The Hall–Kier alpha value is -1.67. The van der Waals surface area contributed by atoms with Crippen LogP contribution >= 0.6 is 15.9 Å². The van der Waals surface area contributed by atoms with Crippen LogP contribution in [0, 0.1) is 5.82 Å². The van der Waals surface area contributed by atoms with E-state index in [4.69, 9.17) is 5.11 Å². The lowest BCUT2D eigenvalue weighted by atomic mass is 10.0. The van der Waals surface area contributed by atoms with Crippen LogP contribution in [0.5, 0.6) is 0 Å². The minimum atomic E-state index is -1.26. The van der Waals surface area contributed by atoms with Gasteiger partial charge in [0.1, 0.15) is 11.9 Å². The van der Waals surface area contributed by atoms with Crippen molar-refractivity contribution < 1.29 is 24.2 Å². The third-order valence-corrected chi connectivity index (χ3v) is 3.92. The fraction of sp³-hybridized carbons (Fsp3) is 0.429. The number of nitrogens with one attached hydrogen (secondary N) is 1. The van der Waals surface area contributed by atoms with Gasteiger partial charge < -0.3 is 15.5 Å². The van der Waals surface area contributed by atoms with E-state index < -0.39 is 29.5 Å². The number of carbonyl (C=O) groups excluding carboxylic acids is 1. The first kappa shape index (κ1) is 16.7. The van der Waals surface area contributed by atoms with Crippen LogP contribution in [-0.2, 0) is 11.3 Å². The molecule has 2 atom stereocenters. The molecule has 120 valence electrons. The molecule has 2 rings (SSSR count). The van der Waals surface area contributed by atoms with Crippen molar-refractivity contribution in [3.8, 4) is 0 Å². The Kier molecular flexibility index (Phi) is 4.72. The maximum atomic E-state index is 13.3. The second-order valence-corrected chi connectivity index (χ2v) is 6.54.